The summed E-state index contributed by atoms with van der Waals surface area (Å²) < 4.78 is 41.6. The predicted molar refractivity (Wildman–Crippen MR) is 67.4 cm³/mol. The van der Waals surface area contributed by atoms with Gasteiger partial charge in [-0.2, -0.15) is 8.42 Å². The topological polar surface area (TPSA) is 74.1 Å². The summed E-state index contributed by atoms with van der Waals surface area (Å²) in [5.41, 5.74) is 0.266. The Morgan fingerprint density at radius 3 is 2.74 bits per heavy atom. The van der Waals surface area contributed by atoms with Crippen molar-refractivity contribution in [3.05, 3.63) is 17.2 Å². The summed E-state index contributed by atoms with van der Waals surface area (Å²) in [7, 11) is -1.78. The number of methoxy groups -OCH3 is 1. The number of fused-ring (bicyclic) bond motifs is 1. The molecule has 0 aliphatic carbocycles. The second-order valence-electron chi connectivity index (χ2n) is 3.91. The second-order valence-corrected chi connectivity index (χ2v) is 5.59. The highest BCUT2D eigenvalue weighted by Crippen LogP contribution is 2.30. The number of halogens is 2. The van der Waals surface area contributed by atoms with Gasteiger partial charge in [0, 0.05) is 26.8 Å². The molecule has 9 heteroatoms. The average Bonchev–Trinajstić information content (AvgIpc) is 2.65. The monoisotopic (exact) mass is 307 g/mol. The fraction of sp³-hybridized carbons (Fsp3) is 0.400. The van der Waals surface area contributed by atoms with E-state index in [1.165, 1.54) is 11.7 Å². The van der Waals surface area contributed by atoms with Crippen LogP contribution in [-0.4, -0.2) is 36.7 Å². The number of aromatic nitrogens is 3. The number of aryl methyl sites for hydroxylation is 1. The molecule has 0 saturated heterocycles. The second kappa shape index (κ2) is 5.03. The number of hydrogen-bond acceptors (Lipinski definition) is 5. The Bertz CT molecular complexity index is 729. The van der Waals surface area contributed by atoms with Crippen molar-refractivity contribution >= 4 is 32.9 Å². The molecule has 19 heavy (non-hydrogen) atoms. The first-order chi connectivity index (χ1) is 8.84. The first-order valence-corrected chi connectivity index (χ1v) is 7.05. The standard InChI is InChI=1S/C10H11ClFN3O3S/c1-15-5-6(19(12,16)17)8-9(11)13-7(3-4-18-2)14-10(8)15/h5H,3-4H2,1-2H3. The summed E-state index contributed by atoms with van der Waals surface area (Å²) in [6.45, 7) is 0.403. The SMILES string of the molecule is COCCc1nc(Cl)c2c(S(=O)(=O)F)cn(C)c2n1. The molecular formula is C10H11ClFN3O3S. The van der Waals surface area contributed by atoms with E-state index in [1.54, 1.807) is 7.05 Å². The molecule has 0 aliphatic rings. The lowest BCUT2D eigenvalue weighted by Crippen LogP contribution is -2.03. The van der Waals surface area contributed by atoms with Gasteiger partial charge in [0.25, 0.3) is 0 Å². The van der Waals surface area contributed by atoms with Crippen LogP contribution in [0.5, 0.6) is 0 Å². The highest BCUT2D eigenvalue weighted by atomic mass is 35.5. The van der Waals surface area contributed by atoms with E-state index >= 15 is 0 Å². The van der Waals surface area contributed by atoms with Crippen LogP contribution < -0.4 is 0 Å². The summed E-state index contributed by atoms with van der Waals surface area (Å²) in [6, 6.07) is 0. The van der Waals surface area contributed by atoms with E-state index in [0.717, 1.165) is 6.20 Å². The lowest BCUT2D eigenvalue weighted by atomic mass is 10.3. The van der Waals surface area contributed by atoms with E-state index in [9.17, 15) is 12.3 Å². The largest absolute Gasteiger partial charge is 0.384 e. The lowest BCUT2D eigenvalue weighted by Gasteiger charge is -2.02. The Labute approximate surface area is 114 Å². The molecule has 0 spiro atoms. The van der Waals surface area contributed by atoms with Crippen LogP contribution in [0.4, 0.5) is 3.89 Å². The molecule has 0 aromatic carbocycles. The van der Waals surface area contributed by atoms with Gasteiger partial charge in [0.05, 0.1) is 12.0 Å². The van der Waals surface area contributed by atoms with Crippen LogP contribution in [0.3, 0.4) is 0 Å². The van der Waals surface area contributed by atoms with Crippen LogP contribution in [-0.2, 0) is 28.4 Å². The molecular weight excluding hydrogens is 297 g/mol. The van der Waals surface area contributed by atoms with Crippen LogP contribution in [0.2, 0.25) is 5.15 Å². The molecule has 0 unspecified atom stereocenters. The van der Waals surface area contributed by atoms with Gasteiger partial charge >= 0.3 is 10.2 Å². The lowest BCUT2D eigenvalue weighted by molar-refractivity contribution is 0.200. The summed E-state index contributed by atoms with van der Waals surface area (Å²) in [5.74, 6) is 0.406. The van der Waals surface area contributed by atoms with Gasteiger partial charge in [0.15, 0.2) is 0 Å². The molecule has 2 aromatic rings. The maximum Gasteiger partial charge on any atom is 0.334 e. The van der Waals surface area contributed by atoms with Crippen molar-refractivity contribution in [2.75, 3.05) is 13.7 Å². The molecule has 0 amide bonds. The van der Waals surface area contributed by atoms with E-state index in [4.69, 9.17) is 16.3 Å². The number of nitrogens with zero attached hydrogens (tertiary/aromatic N) is 3. The summed E-state index contributed by atoms with van der Waals surface area (Å²) in [6.07, 6.45) is 1.55. The number of ether oxygens (including phenoxy) is 1. The van der Waals surface area contributed by atoms with Crippen LogP contribution in [0.1, 0.15) is 5.82 Å². The third-order valence-electron chi connectivity index (χ3n) is 2.58. The number of hydrogen-bond donors (Lipinski definition) is 0. The zero-order valence-corrected chi connectivity index (χ0v) is 11.8. The van der Waals surface area contributed by atoms with Crippen LogP contribution in [0.25, 0.3) is 11.0 Å². The molecule has 0 radical (unpaired) electrons. The summed E-state index contributed by atoms with van der Waals surface area (Å²) in [5, 5.41) is -0.0965. The zero-order chi connectivity index (χ0) is 14.2. The van der Waals surface area contributed by atoms with E-state index in [1.807, 2.05) is 0 Å². The molecule has 6 nitrogen and oxygen atoms in total. The quantitative estimate of drug-likeness (QED) is 0.631. The van der Waals surface area contributed by atoms with Gasteiger partial charge < -0.3 is 9.30 Å². The Morgan fingerprint density at radius 2 is 2.16 bits per heavy atom. The molecule has 0 bridgehead atoms. The molecule has 0 aliphatic heterocycles. The average molecular weight is 308 g/mol. The third kappa shape index (κ3) is 2.70. The van der Waals surface area contributed by atoms with Gasteiger partial charge in [-0.3, -0.25) is 0 Å². The number of rotatable bonds is 4. The maximum atomic E-state index is 13.2. The molecule has 0 atom stereocenters. The Balaban J connectivity index is 2.68. The molecule has 2 aromatic heterocycles. The highest BCUT2D eigenvalue weighted by molar-refractivity contribution is 7.86. The van der Waals surface area contributed by atoms with Crippen molar-refractivity contribution in [3.63, 3.8) is 0 Å². The van der Waals surface area contributed by atoms with Gasteiger partial charge in [0.2, 0.25) is 0 Å². The van der Waals surface area contributed by atoms with Crippen molar-refractivity contribution in [3.8, 4) is 0 Å². The Kier molecular flexibility index (Phi) is 3.75. The van der Waals surface area contributed by atoms with Crippen LogP contribution in [0.15, 0.2) is 11.1 Å². The minimum absolute atomic E-state index is 0.00664. The first-order valence-electron chi connectivity index (χ1n) is 5.29. The smallest absolute Gasteiger partial charge is 0.334 e. The van der Waals surface area contributed by atoms with Crippen molar-refractivity contribution in [1.82, 2.24) is 14.5 Å². The predicted octanol–water partition coefficient (Wildman–Crippen LogP) is 1.47. The van der Waals surface area contributed by atoms with E-state index < -0.39 is 15.1 Å². The van der Waals surface area contributed by atoms with E-state index in [0.29, 0.717) is 18.9 Å². The molecule has 2 heterocycles. The van der Waals surface area contributed by atoms with Gasteiger partial charge in [-0.1, -0.05) is 11.6 Å². The van der Waals surface area contributed by atoms with Crippen LogP contribution >= 0.6 is 11.6 Å². The molecule has 2 rings (SSSR count). The van der Waals surface area contributed by atoms with Gasteiger partial charge in [-0.25, -0.2) is 9.97 Å². The third-order valence-corrected chi connectivity index (χ3v) is 3.68. The Hall–Kier alpha value is -1.25. The molecule has 0 N–H and O–H groups in total. The molecule has 0 saturated carbocycles. The minimum Gasteiger partial charge on any atom is -0.384 e. The molecule has 104 valence electrons. The van der Waals surface area contributed by atoms with Crippen molar-refractivity contribution in [1.29, 1.82) is 0 Å². The normalized spacial score (nSPS) is 12.2. The molecule has 0 fully saturated rings. The Morgan fingerprint density at radius 1 is 1.47 bits per heavy atom. The van der Waals surface area contributed by atoms with E-state index in [2.05, 4.69) is 9.97 Å². The van der Waals surface area contributed by atoms with Crippen LogP contribution in [0, 0.1) is 0 Å². The fourth-order valence-electron chi connectivity index (χ4n) is 1.72. The highest BCUT2D eigenvalue weighted by Gasteiger charge is 2.23. The summed E-state index contributed by atoms with van der Waals surface area (Å²) >= 11 is 5.93. The van der Waals surface area contributed by atoms with Gasteiger partial charge in [-0.15, -0.1) is 3.89 Å². The minimum atomic E-state index is -4.87. The van der Waals surface area contributed by atoms with Crippen molar-refractivity contribution in [2.45, 2.75) is 11.3 Å². The van der Waals surface area contributed by atoms with Crippen molar-refractivity contribution in [2.24, 2.45) is 7.05 Å². The zero-order valence-electron chi connectivity index (χ0n) is 10.2. The van der Waals surface area contributed by atoms with Gasteiger partial charge in [-0.05, 0) is 0 Å². The first kappa shape index (κ1) is 14.2. The van der Waals surface area contributed by atoms with Gasteiger partial charge in [0.1, 0.15) is 21.5 Å². The van der Waals surface area contributed by atoms with E-state index in [-0.39, 0.29) is 16.2 Å². The fourth-order valence-corrected chi connectivity index (χ4v) is 2.78. The maximum absolute atomic E-state index is 13.2. The summed E-state index contributed by atoms with van der Waals surface area (Å²) in [4.78, 5) is 7.60. The van der Waals surface area contributed by atoms with Crippen molar-refractivity contribution < 1.29 is 17.0 Å².